The molecule has 9 heteroatoms. The van der Waals surface area contributed by atoms with Gasteiger partial charge in [-0.05, 0) is 38.3 Å². The molecule has 4 rings (SSSR count). The summed E-state index contributed by atoms with van der Waals surface area (Å²) in [6.45, 7) is 8.34. The van der Waals surface area contributed by atoms with Crippen molar-refractivity contribution >= 4 is 29.3 Å². The Morgan fingerprint density at radius 3 is 2.80 bits per heavy atom. The van der Waals surface area contributed by atoms with Crippen LogP contribution < -0.4 is 10.2 Å². The molecule has 2 atom stereocenters. The van der Waals surface area contributed by atoms with Crippen LogP contribution in [0.5, 0.6) is 0 Å². The van der Waals surface area contributed by atoms with Crippen molar-refractivity contribution in [3.8, 4) is 0 Å². The smallest absolute Gasteiger partial charge is 0.237 e. The Morgan fingerprint density at radius 1 is 1.27 bits per heavy atom. The average molecular weight is 432 g/mol. The van der Waals surface area contributed by atoms with Gasteiger partial charge in [0.25, 0.3) is 0 Å². The van der Waals surface area contributed by atoms with Gasteiger partial charge in [-0.25, -0.2) is 0 Å². The van der Waals surface area contributed by atoms with Crippen LogP contribution in [0.4, 0.5) is 11.6 Å². The molecule has 1 amide bonds. The molecule has 30 heavy (non-hydrogen) atoms. The van der Waals surface area contributed by atoms with Crippen LogP contribution in [0.2, 0.25) is 0 Å². The van der Waals surface area contributed by atoms with Gasteiger partial charge in [0.15, 0.2) is 5.16 Å². The highest BCUT2D eigenvalue weighted by Gasteiger charge is 2.27. The van der Waals surface area contributed by atoms with Crippen molar-refractivity contribution in [2.45, 2.75) is 49.7 Å². The maximum Gasteiger partial charge on any atom is 0.237 e. The van der Waals surface area contributed by atoms with Crippen molar-refractivity contribution in [3.63, 3.8) is 0 Å². The van der Waals surface area contributed by atoms with E-state index in [-0.39, 0.29) is 17.3 Å². The number of thioether (sulfide) groups is 1. The van der Waals surface area contributed by atoms with Crippen LogP contribution in [-0.4, -0.2) is 64.9 Å². The normalized spacial score (nSPS) is 20.3. The molecule has 162 valence electrons. The average Bonchev–Trinajstić information content (AvgIpc) is 3.41. The Kier molecular flexibility index (Phi) is 6.91. The number of hydrogen-bond donors (Lipinski definition) is 1. The van der Waals surface area contributed by atoms with Crippen LogP contribution in [0.1, 0.15) is 25.3 Å². The monoisotopic (exact) mass is 431 g/mol. The predicted octanol–water partition coefficient (Wildman–Crippen LogP) is 2.72. The molecule has 0 radical (unpaired) electrons. The lowest BCUT2D eigenvalue weighted by atomic mass is 10.2. The molecule has 2 fully saturated rings. The van der Waals surface area contributed by atoms with Crippen molar-refractivity contribution < 1.29 is 14.3 Å². The first-order valence-electron chi connectivity index (χ1n) is 10.5. The lowest BCUT2D eigenvalue weighted by molar-refractivity contribution is -0.115. The van der Waals surface area contributed by atoms with E-state index < -0.39 is 0 Å². The van der Waals surface area contributed by atoms with E-state index >= 15 is 0 Å². The van der Waals surface area contributed by atoms with E-state index in [0.717, 1.165) is 54.9 Å². The summed E-state index contributed by atoms with van der Waals surface area (Å²) in [4.78, 5) is 15.0. The summed E-state index contributed by atoms with van der Waals surface area (Å²) in [5.41, 5.74) is 1.88. The fraction of sp³-hybridized carbons (Fsp3) is 0.571. The number of anilines is 2. The van der Waals surface area contributed by atoms with Crippen LogP contribution in [0, 0.1) is 6.92 Å². The topological polar surface area (TPSA) is 81.5 Å². The molecule has 1 aromatic carbocycles. The zero-order valence-electron chi connectivity index (χ0n) is 17.5. The number of aryl methyl sites for hydroxylation is 1. The number of morpholine rings is 1. The van der Waals surface area contributed by atoms with Gasteiger partial charge < -0.3 is 19.7 Å². The first kappa shape index (κ1) is 21.1. The molecule has 2 aliphatic heterocycles. The molecule has 0 spiro atoms. The van der Waals surface area contributed by atoms with E-state index in [1.54, 1.807) is 0 Å². The van der Waals surface area contributed by atoms with E-state index in [0.29, 0.717) is 19.8 Å². The standard InChI is InChI=1S/C21H29N5O3S/c1-15-6-3-4-8-18(15)22-19(27)16(2)30-21-24-23-20(25-9-12-28-13-10-25)26(21)14-17-7-5-11-29-17/h3-4,6,8,16-17H,5,7,9-14H2,1-2H3,(H,22,27)/t16-,17-/m1/s1. The number of hydrogen-bond acceptors (Lipinski definition) is 7. The fourth-order valence-electron chi connectivity index (χ4n) is 3.68. The number of aromatic nitrogens is 3. The van der Waals surface area contributed by atoms with Gasteiger partial charge in [-0.2, -0.15) is 0 Å². The predicted molar refractivity (Wildman–Crippen MR) is 117 cm³/mol. The second-order valence-corrected chi connectivity index (χ2v) is 9.00. The van der Waals surface area contributed by atoms with Crippen LogP contribution in [-0.2, 0) is 20.8 Å². The van der Waals surface area contributed by atoms with Crippen LogP contribution in [0.15, 0.2) is 29.4 Å². The first-order valence-corrected chi connectivity index (χ1v) is 11.4. The summed E-state index contributed by atoms with van der Waals surface area (Å²) in [5, 5.41) is 12.4. The highest BCUT2D eigenvalue weighted by molar-refractivity contribution is 8.00. The van der Waals surface area contributed by atoms with Gasteiger partial charge >= 0.3 is 0 Å². The third-order valence-electron chi connectivity index (χ3n) is 5.46. The Balaban J connectivity index is 1.49. The van der Waals surface area contributed by atoms with Crippen LogP contribution in [0.3, 0.4) is 0 Å². The molecular formula is C21H29N5O3S. The van der Waals surface area contributed by atoms with Crippen LogP contribution >= 0.6 is 11.8 Å². The number of carbonyl (C=O) groups excluding carboxylic acids is 1. The summed E-state index contributed by atoms with van der Waals surface area (Å²) in [6.07, 6.45) is 2.28. The number of ether oxygens (including phenoxy) is 2. The summed E-state index contributed by atoms with van der Waals surface area (Å²) >= 11 is 1.44. The SMILES string of the molecule is Cc1ccccc1NC(=O)[C@@H](C)Sc1nnc(N2CCOCC2)n1C[C@H]1CCCO1. The molecule has 1 aromatic heterocycles. The Hall–Kier alpha value is -2.10. The number of rotatable bonds is 7. The minimum absolute atomic E-state index is 0.0473. The molecule has 3 heterocycles. The van der Waals surface area contributed by atoms with Gasteiger partial charge in [0.1, 0.15) is 0 Å². The second kappa shape index (κ2) is 9.80. The van der Waals surface area contributed by atoms with Gasteiger partial charge in [-0.1, -0.05) is 30.0 Å². The summed E-state index contributed by atoms with van der Waals surface area (Å²) in [7, 11) is 0. The minimum atomic E-state index is -0.311. The molecule has 1 N–H and O–H groups in total. The van der Waals surface area contributed by atoms with Crippen molar-refractivity contribution in [3.05, 3.63) is 29.8 Å². The molecule has 0 unspecified atom stereocenters. The lowest BCUT2D eigenvalue weighted by Crippen LogP contribution is -2.38. The van der Waals surface area contributed by atoms with Gasteiger partial charge in [0, 0.05) is 25.4 Å². The van der Waals surface area contributed by atoms with E-state index in [2.05, 4.69) is 25.0 Å². The third kappa shape index (κ3) is 4.96. The maximum atomic E-state index is 12.8. The van der Waals surface area contributed by atoms with E-state index in [4.69, 9.17) is 9.47 Å². The number of carbonyl (C=O) groups is 1. The van der Waals surface area contributed by atoms with Crippen LogP contribution in [0.25, 0.3) is 0 Å². The van der Waals surface area contributed by atoms with Crippen molar-refractivity contribution in [1.82, 2.24) is 14.8 Å². The van der Waals surface area contributed by atoms with Gasteiger partial charge in [-0.3, -0.25) is 9.36 Å². The van der Waals surface area contributed by atoms with Crippen molar-refractivity contribution in [1.29, 1.82) is 0 Å². The zero-order chi connectivity index (χ0) is 20.9. The Morgan fingerprint density at radius 2 is 2.07 bits per heavy atom. The Labute approximate surface area is 181 Å². The number of amides is 1. The number of para-hydroxylation sites is 1. The van der Waals surface area contributed by atoms with E-state index in [1.807, 2.05) is 38.1 Å². The molecule has 0 bridgehead atoms. The minimum Gasteiger partial charge on any atom is -0.378 e. The zero-order valence-corrected chi connectivity index (χ0v) is 18.4. The third-order valence-corrected chi connectivity index (χ3v) is 6.54. The highest BCUT2D eigenvalue weighted by Crippen LogP contribution is 2.29. The molecule has 2 aromatic rings. The summed E-state index contributed by atoms with van der Waals surface area (Å²) in [5.74, 6) is 0.789. The van der Waals surface area contributed by atoms with Crippen molar-refractivity contribution in [2.24, 2.45) is 0 Å². The van der Waals surface area contributed by atoms with E-state index in [1.165, 1.54) is 11.8 Å². The quantitative estimate of drug-likeness (QED) is 0.675. The number of nitrogens with zero attached hydrogens (tertiary/aromatic N) is 4. The maximum absolute atomic E-state index is 12.8. The van der Waals surface area contributed by atoms with Crippen molar-refractivity contribution in [2.75, 3.05) is 43.1 Å². The fourth-order valence-corrected chi connectivity index (χ4v) is 4.53. The number of nitrogens with one attached hydrogen (secondary N) is 1. The Bertz CT molecular complexity index is 862. The highest BCUT2D eigenvalue weighted by atomic mass is 32.2. The van der Waals surface area contributed by atoms with Gasteiger partial charge in [0.05, 0.1) is 31.1 Å². The molecule has 0 saturated carbocycles. The van der Waals surface area contributed by atoms with Gasteiger partial charge in [-0.15, -0.1) is 10.2 Å². The van der Waals surface area contributed by atoms with Gasteiger partial charge in [0.2, 0.25) is 11.9 Å². The lowest BCUT2D eigenvalue weighted by Gasteiger charge is -2.28. The second-order valence-electron chi connectivity index (χ2n) is 7.69. The summed E-state index contributed by atoms with van der Waals surface area (Å²) in [6, 6.07) is 7.79. The van der Waals surface area contributed by atoms with E-state index in [9.17, 15) is 4.79 Å². The number of benzene rings is 1. The molecule has 2 aliphatic rings. The molecular weight excluding hydrogens is 402 g/mol. The molecule has 8 nitrogen and oxygen atoms in total. The summed E-state index contributed by atoms with van der Waals surface area (Å²) < 4.78 is 13.5. The first-order chi connectivity index (χ1) is 14.6. The molecule has 0 aliphatic carbocycles. The molecule has 2 saturated heterocycles. The largest absolute Gasteiger partial charge is 0.378 e.